The molecule has 0 aliphatic carbocycles. The zero-order valence-corrected chi connectivity index (χ0v) is 11.6. The second-order valence-electron chi connectivity index (χ2n) is 5.77. The van der Waals surface area contributed by atoms with Gasteiger partial charge in [-0.2, -0.15) is 5.26 Å². The number of nitriles is 1. The van der Waals surface area contributed by atoms with Gasteiger partial charge in [-0.05, 0) is 40.0 Å². The van der Waals surface area contributed by atoms with Crippen molar-refractivity contribution in [3.8, 4) is 6.07 Å². The van der Waals surface area contributed by atoms with Gasteiger partial charge in [0.2, 0.25) is 0 Å². The second kappa shape index (κ2) is 6.22. The van der Waals surface area contributed by atoms with E-state index in [1.807, 2.05) is 0 Å². The Balaban J connectivity index is 4.52. The summed E-state index contributed by atoms with van der Waals surface area (Å²) in [5.41, 5.74) is 5.18. The molecule has 0 fully saturated rings. The first kappa shape index (κ1) is 15.4. The van der Waals surface area contributed by atoms with Gasteiger partial charge in [0, 0.05) is 18.6 Å². The molecular weight excluding hydrogens is 198 g/mol. The molecule has 0 spiro atoms. The Labute approximate surface area is 101 Å². The van der Waals surface area contributed by atoms with Crippen LogP contribution in [-0.4, -0.2) is 29.1 Å². The maximum absolute atomic E-state index is 8.95. The van der Waals surface area contributed by atoms with Crippen molar-refractivity contribution in [3.05, 3.63) is 0 Å². The minimum atomic E-state index is -0.719. The van der Waals surface area contributed by atoms with E-state index < -0.39 is 5.54 Å². The third-order valence-electron chi connectivity index (χ3n) is 2.78. The van der Waals surface area contributed by atoms with Gasteiger partial charge in [0.05, 0.1) is 6.07 Å². The summed E-state index contributed by atoms with van der Waals surface area (Å²) in [6.45, 7) is 13.8. The van der Waals surface area contributed by atoms with Crippen LogP contribution in [0.1, 0.15) is 48.0 Å². The topological polar surface area (TPSA) is 53.0 Å². The maximum Gasteiger partial charge on any atom is 0.102 e. The van der Waals surface area contributed by atoms with E-state index in [1.54, 1.807) is 6.92 Å². The van der Waals surface area contributed by atoms with Crippen LogP contribution in [0.2, 0.25) is 0 Å². The lowest BCUT2D eigenvalue weighted by Crippen LogP contribution is -2.47. The summed E-state index contributed by atoms with van der Waals surface area (Å²) in [6, 6.07) is 3.01. The zero-order chi connectivity index (χ0) is 12.9. The van der Waals surface area contributed by atoms with Gasteiger partial charge in [0.15, 0.2) is 0 Å². The summed E-state index contributed by atoms with van der Waals surface area (Å²) in [6.07, 6.45) is 0.717. The Morgan fingerprint density at radius 3 is 2.06 bits per heavy atom. The average molecular weight is 225 g/mol. The van der Waals surface area contributed by atoms with Crippen LogP contribution < -0.4 is 5.73 Å². The lowest BCUT2D eigenvalue weighted by molar-refractivity contribution is 0.128. The summed E-state index contributed by atoms with van der Waals surface area (Å²) in [5.74, 6) is 0.635. The molecule has 2 atom stereocenters. The van der Waals surface area contributed by atoms with Crippen molar-refractivity contribution in [2.45, 2.75) is 65.6 Å². The fourth-order valence-electron chi connectivity index (χ4n) is 2.10. The van der Waals surface area contributed by atoms with Crippen LogP contribution in [0, 0.1) is 17.2 Å². The molecule has 3 nitrogen and oxygen atoms in total. The Morgan fingerprint density at radius 1 is 1.25 bits per heavy atom. The second-order valence-corrected chi connectivity index (χ2v) is 5.77. The van der Waals surface area contributed by atoms with Crippen LogP contribution in [0.25, 0.3) is 0 Å². The molecule has 16 heavy (non-hydrogen) atoms. The number of hydrogen-bond donors (Lipinski definition) is 1. The summed E-state index contributed by atoms with van der Waals surface area (Å²) in [4.78, 5) is 2.42. The highest BCUT2D eigenvalue weighted by atomic mass is 15.2. The van der Waals surface area contributed by atoms with Crippen molar-refractivity contribution in [2.24, 2.45) is 11.7 Å². The molecule has 0 heterocycles. The predicted octanol–water partition coefficient (Wildman–Crippen LogP) is 2.37. The largest absolute Gasteiger partial charge is 0.314 e. The predicted molar refractivity (Wildman–Crippen MR) is 69.0 cm³/mol. The lowest BCUT2D eigenvalue weighted by Gasteiger charge is -2.36. The summed E-state index contributed by atoms with van der Waals surface area (Å²) in [5, 5.41) is 8.95. The van der Waals surface area contributed by atoms with E-state index in [-0.39, 0.29) is 0 Å². The summed E-state index contributed by atoms with van der Waals surface area (Å²) >= 11 is 0. The first-order valence-corrected chi connectivity index (χ1v) is 6.15. The van der Waals surface area contributed by atoms with Crippen molar-refractivity contribution in [1.82, 2.24) is 4.90 Å². The molecular formula is C13H27N3. The third kappa shape index (κ3) is 5.48. The van der Waals surface area contributed by atoms with Gasteiger partial charge < -0.3 is 5.73 Å². The van der Waals surface area contributed by atoms with Crippen molar-refractivity contribution >= 4 is 0 Å². The molecule has 0 radical (unpaired) electrons. The molecule has 94 valence electrons. The highest BCUT2D eigenvalue weighted by Gasteiger charge is 2.26. The van der Waals surface area contributed by atoms with Crippen molar-refractivity contribution in [2.75, 3.05) is 6.54 Å². The van der Waals surface area contributed by atoms with Gasteiger partial charge in [-0.1, -0.05) is 13.8 Å². The van der Waals surface area contributed by atoms with Crippen LogP contribution in [-0.2, 0) is 0 Å². The molecule has 0 saturated carbocycles. The minimum absolute atomic E-state index is 0.344. The highest BCUT2D eigenvalue weighted by Crippen LogP contribution is 2.17. The maximum atomic E-state index is 8.95. The Morgan fingerprint density at radius 2 is 1.75 bits per heavy atom. The normalized spacial score (nSPS) is 17.6. The SMILES string of the molecule is CC(C)CN(C(C)C)C(C)CC(C)(N)C#N. The molecule has 0 aromatic carbocycles. The first-order valence-electron chi connectivity index (χ1n) is 6.15. The van der Waals surface area contributed by atoms with E-state index in [0.29, 0.717) is 24.4 Å². The molecule has 0 rings (SSSR count). The van der Waals surface area contributed by atoms with E-state index in [4.69, 9.17) is 11.0 Å². The monoisotopic (exact) mass is 225 g/mol. The van der Waals surface area contributed by atoms with Gasteiger partial charge in [-0.25, -0.2) is 0 Å². The van der Waals surface area contributed by atoms with Gasteiger partial charge in [-0.15, -0.1) is 0 Å². The molecule has 0 aromatic rings. The lowest BCUT2D eigenvalue weighted by atomic mass is 9.94. The van der Waals surface area contributed by atoms with Gasteiger partial charge in [0.25, 0.3) is 0 Å². The molecule has 0 aromatic heterocycles. The molecule has 0 aliphatic rings. The Kier molecular flexibility index (Phi) is 5.99. The van der Waals surface area contributed by atoms with E-state index >= 15 is 0 Å². The fourth-order valence-corrected chi connectivity index (χ4v) is 2.10. The van der Waals surface area contributed by atoms with Crippen LogP contribution in [0.3, 0.4) is 0 Å². The van der Waals surface area contributed by atoms with E-state index in [0.717, 1.165) is 6.54 Å². The van der Waals surface area contributed by atoms with Gasteiger partial charge in [0.1, 0.15) is 5.54 Å². The number of nitrogens with zero attached hydrogens (tertiary/aromatic N) is 2. The fraction of sp³-hybridized carbons (Fsp3) is 0.923. The van der Waals surface area contributed by atoms with Gasteiger partial charge in [-0.3, -0.25) is 4.90 Å². The van der Waals surface area contributed by atoms with Crippen LogP contribution in [0.4, 0.5) is 0 Å². The van der Waals surface area contributed by atoms with Crippen LogP contribution in [0.15, 0.2) is 0 Å². The quantitative estimate of drug-likeness (QED) is 0.755. The van der Waals surface area contributed by atoms with Crippen LogP contribution in [0.5, 0.6) is 0 Å². The molecule has 0 amide bonds. The van der Waals surface area contributed by atoms with Crippen LogP contribution >= 0.6 is 0 Å². The summed E-state index contributed by atoms with van der Waals surface area (Å²) < 4.78 is 0. The summed E-state index contributed by atoms with van der Waals surface area (Å²) in [7, 11) is 0. The van der Waals surface area contributed by atoms with Crippen molar-refractivity contribution < 1.29 is 0 Å². The molecule has 2 N–H and O–H groups in total. The molecule has 0 bridgehead atoms. The Bertz CT molecular complexity index is 238. The number of rotatable bonds is 6. The molecule has 2 unspecified atom stereocenters. The molecule has 0 saturated heterocycles. The minimum Gasteiger partial charge on any atom is -0.314 e. The Hall–Kier alpha value is -0.590. The van der Waals surface area contributed by atoms with E-state index in [2.05, 4.69) is 45.6 Å². The molecule has 3 heteroatoms. The standard InChI is InChI=1S/C13H27N3/c1-10(2)8-16(11(3)4)12(5)7-13(6,15)9-14/h10-12H,7-8,15H2,1-6H3. The van der Waals surface area contributed by atoms with E-state index in [9.17, 15) is 0 Å². The van der Waals surface area contributed by atoms with Crippen molar-refractivity contribution in [3.63, 3.8) is 0 Å². The number of nitrogens with two attached hydrogens (primary N) is 1. The zero-order valence-electron chi connectivity index (χ0n) is 11.6. The average Bonchev–Trinajstić information content (AvgIpc) is 2.12. The van der Waals surface area contributed by atoms with E-state index in [1.165, 1.54) is 0 Å². The number of hydrogen-bond acceptors (Lipinski definition) is 3. The highest BCUT2D eigenvalue weighted by molar-refractivity contribution is 5.02. The van der Waals surface area contributed by atoms with Gasteiger partial charge >= 0.3 is 0 Å². The smallest absolute Gasteiger partial charge is 0.102 e. The first-order chi connectivity index (χ1) is 7.19. The van der Waals surface area contributed by atoms with Crippen molar-refractivity contribution in [1.29, 1.82) is 5.26 Å². The molecule has 0 aliphatic heterocycles. The third-order valence-corrected chi connectivity index (χ3v) is 2.78.